The lowest BCUT2D eigenvalue weighted by Gasteiger charge is -2.08. The average molecular weight is 207 g/mol. The van der Waals surface area contributed by atoms with Crippen molar-refractivity contribution in [3.05, 3.63) is 24.2 Å². The molecule has 0 unspecified atom stereocenters. The van der Waals surface area contributed by atoms with Crippen LogP contribution in [0.4, 0.5) is 5.69 Å². The van der Waals surface area contributed by atoms with Crippen LogP contribution in [-0.2, 0) is 0 Å². The Morgan fingerprint density at radius 1 is 1.40 bits per heavy atom. The number of rotatable bonds is 1. The van der Waals surface area contributed by atoms with Crippen LogP contribution in [0.15, 0.2) is 18.6 Å². The van der Waals surface area contributed by atoms with Crippen molar-refractivity contribution in [1.82, 2.24) is 9.38 Å². The monoisotopic (exact) mass is 207 g/mol. The molecule has 2 rings (SSSR count). The number of aromatic nitrogens is 2. The second-order valence-corrected chi connectivity index (χ2v) is 2.90. The number of fused-ring (bicyclic) bond motifs is 1. The lowest BCUT2D eigenvalue weighted by Crippen LogP contribution is -1.99. The van der Waals surface area contributed by atoms with E-state index in [1.807, 2.05) is 31.4 Å². The molecule has 2 N–H and O–H groups in total. The van der Waals surface area contributed by atoms with Crippen LogP contribution in [0.25, 0.3) is 5.65 Å². The van der Waals surface area contributed by atoms with Gasteiger partial charge in [0.15, 0.2) is 0 Å². The molecule has 0 saturated heterocycles. The Bertz CT molecular complexity index is 448. The second-order valence-electron chi connectivity index (χ2n) is 2.90. The molecule has 0 aromatic carbocycles. The Kier molecular flexibility index (Phi) is 3.55. The zero-order valence-electron chi connectivity index (χ0n) is 9.61. The van der Waals surface area contributed by atoms with Crippen molar-refractivity contribution in [2.24, 2.45) is 0 Å². The highest BCUT2D eigenvalue weighted by Crippen LogP contribution is 2.27. The van der Waals surface area contributed by atoms with Gasteiger partial charge in [-0.2, -0.15) is 0 Å². The summed E-state index contributed by atoms with van der Waals surface area (Å²) in [6.45, 7) is 5.94. The van der Waals surface area contributed by atoms with Gasteiger partial charge in [0.05, 0.1) is 12.8 Å². The number of aryl methyl sites for hydroxylation is 1. The summed E-state index contributed by atoms with van der Waals surface area (Å²) in [4.78, 5) is 4.20. The molecule has 2 heterocycles. The van der Waals surface area contributed by atoms with Gasteiger partial charge in [0.25, 0.3) is 0 Å². The maximum atomic E-state index is 5.78. The van der Waals surface area contributed by atoms with Gasteiger partial charge in [0.1, 0.15) is 11.4 Å². The predicted molar refractivity (Wildman–Crippen MR) is 62.2 cm³/mol. The van der Waals surface area contributed by atoms with E-state index in [-0.39, 0.29) is 0 Å². The molecule has 0 saturated carbocycles. The predicted octanol–water partition coefficient (Wildman–Crippen LogP) is 2.26. The molecule has 82 valence electrons. The molecule has 2 aromatic rings. The minimum atomic E-state index is 0.630. The van der Waals surface area contributed by atoms with Gasteiger partial charge >= 0.3 is 0 Å². The summed E-state index contributed by atoms with van der Waals surface area (Å²) < 4.78 is 7.06. The van der Waals surface area contributed by atoms with Crippen LogP contribution in [0.2, 0.25) is 0 Å². The van der Waals surface area contributed by atoms with Gasteiger partial charge in [-0.15, -0.1) is 0 Å². The molecule has 15 heavy (non-hydrogen) atoms. The van der Waals surface area contributed by atoms with E-state index in [2.05, 4.69) is 4.98 Å². The van der Waals surface area contributed by atoms with Crippen LogP contribution in [-0.4, -0.2) is 16.5 Å². The molecule has 0 radical (unpaired) electrons. The summed E-state index contributed by atoms with van der Waals surface area (Å²) in [5.74, 6) is 0.707. The molecule has 0 spiro atoms. The Labute approximate surface area is 89.7 Å². The van der Waals surface area contributed by atoms with E-state index < -0.39 is 0 Å². The van der Waals surface area contributed by atoms with E-state index >= 15 is 0 Å². The van der Waals surface area contributed by atoms with Crippen molar-refractivity contribution >= 4 is 11.3 Å². The minimum absolute atomic E-state index is 0.630. The first-order chi connectivity index (χ1) is 7.24. The summed E-state index contributed by atoms with van der Waals surface area (Å²) in [5, 5.41) is 0. The number of hydrogen-bond acceptors (Lipinski definition) is 3. The van der Waals surface area contributed by atoms with E-state index in [1.54, 1.807) is 19.5 Å². The normalized spacial score (nSPS) is 9.60. The number of ether oxygens (including phenoxy) is 1. The van der Waals surface area contributed by atoms with Gasteiger partial charge in [0, 0.05) is 24.2 Å². The third kappa shape index (κ3) is 1.88. The van der Waals surface area contributed by atoms with Crippen molar-refractivity contribution in [2.45, 2.75) is 20.8 Å². The zero-order valence-corrected chi connectivity index (χ0v) is 9.61. The molecular formula is C11H17N3O. The Morgan fingerprint density at radius 3 is 2.67 bits per heavy atom. The van der Waals surface area contributed by atoms with Gasteiger partial charge < -0.3 is 14.9 Å². The maximum absolute atomic E-state index is 5.78. The number of pyridine rings is 1. The van der Waals surface area contributed by atoms with Crippen molar-refractivity contribution in [3.8, 4) is 5.75 Å². The molecule has 0 aliphatic heterocycles. The molecule has 0 atom stereocenters. The summed E-state index contributed by atoms with van der Waals surface area (Å²) in [5.41, 5.74) is 8.26. The number of nitrogen functional groups attached to an aromatic ring is 1. The van der Waals surface area contributed by atoms with Crippen molar-refractivity contribution in [3.63, 3.8) is 0 Å². The van der Waals surface area contributed by atoms with E-state index in [9.17, 15) is 0 Å². The smallest absolute Gasteiger partial charge is 0.149 e. The molecule has 0 bridgehead atoms. The van der Waals surface area contributed by atoms with E-state index in [0.29, 0.717) is 11.4 Å². The van der Waals surface area contributed by atoms with Crippen molar-refractivity contribution in [2.75, 3.05) is 12.8 Å². The standard InChI is InChI=1S/C9H11N3O.C2H6/c1-6-8(13-2)7(10)5-12-4-3-11-9(6)12;1-2/h3-5H,10H2,1-2H3;1-2H3. The molecule has 2 aromatic heterocycles. The van der Waals surface area contributed by atoms with Crippen LogP contribution < -0.4 is 10.5 Å². The van der Waals surface area contributed by atoms with Crippen LogP contribution >= 0.6 is 0 Å². The first-order valence-electron chi connectivity index (χ1n) is 4.99. The first-order valence-corrected chi connectivity index (χ1v) is 4.99. The van der Waals surface area contributed by atoms with Crippen LogP contribution in [0.3, 0.4) is 0 Å². The minimum Gasteiger partial charge on any atom is -0.494 e. The van der Waals surface area contributed by atoms with E-state index in [1.165, 1.54) is 0 Å². The molecule has 4 nitrogen and oxygen atoms in total. The highest BCUT2D eigenvalue weighted by Gasteiger charge is 2.08. The molecule has 0 fully saturated rings. The number of imidazole rings is 1. The molecule has 0 amide bonds. The number of nitrogens with two attached hydrogens (primary N) is 1. The van der Waals surface area contributed by atoms with Crippen molar-refractivity contribution in [1.29, 1.82) is 0 Å². The van der Waals surface area contributed by atoms with Gasteiger partial charge in [-0.1, -0.05) is 13.8 Å². The third-order valence-electron chi connectivity index (χ3n) is 2.09. The number of methoxy groups -OCH3 is 1. The summed E-state index contributed by atoms with van der Waals surface area (Å²) in [6, 6.07) is 0. The molecule has 4 heteroatoms. The largest absolute Gasteiger partial charge is 0.494 e. The SMILES string of the molecule is CC.COc1c(N)cn2ccnc2c1C. The van der Waals surface area contributed by atoms with Crippen LogP contribution in [0.1, 0.15) is 19.4 Å². The first kappa shape index (κ1) is 11.4. The molecular weight excluding hydrogens is 190 g/mol. The quantitative estimate of drug-likeness (QED) is 0.780. The molecule has 0 aliphatic rings. The lowest BCUT2D eigenvalue weighted by molar-refractivity contribution is 0.414. The Hall–Kier alpha value is -1.71. The fourth-order valence-electron chi connectivity index (χ4n) is 1.51. The highest BCUT2D eigenvalue weighted by molar-refractivity contribution is 5.65. The maximum Gasteiger partial charge on any atom is 0.149 e. The van der Waals surface area contributed by atoms with Gasteiger partial charge in [0.2, 0.25) is 0 Å². The Morgan fingerprint density at radius 2 is 2.07 bits per heavy atom. The number of nitrogens with zero attached hydrogens (tertiary/aromatic N) is 2. The second kappa shape index (κ2) is 4.68. The fourth-order valence-corrected chi connectivity index (χ4v) is 1.51. The number of hydrogen-bond donors (Lipinski definition) is 1. The highest BCUT2D eigenvalue weighted by atomic mass is 16.5. The van der Waals surface area contributed by atoms with E-state index in [0.717, 1.165) is 11.2 Å². The summed E-state index contributed by atoms with van der Waals surface area (Å²) in [6.07, 6.45) is 5.40. The zero-order chi connectivity index (χ0) is 11.4. The number of anilines is 1. The van der Waals surface area contributed by atoms with Crippen LogP contribution in [0.5, 0.6) is 5.75 Å². The van der Waals surface area contributed by atoms with Crippen molar-refractivity contribution < 1.29 is 4.74 Å². The summed E-state index contributed by atoms with van der Waals surface area (Å²) in [7, 11) is 1.61. The lowest BCUT2D eigenvalue weighted by atomic mass is 10.2. The fraction of sp³-hybridized carbons (Fsp3) is 0.364. The average Bonchev–Trinajstić information content (AvgIpc) is 2.69. The van der Waals surface area contributed by atoms with E-state index in [4.69, 9.17) is 10.5 Å². The van der Waals surface area contributed by atoms with Gasteiger partial charge in [-0.05, 0) is 6.92 Å². The topological polar surface area (TPSA) is 52.5 Å². The summed E-state index contributed by atoms with van der Waals surface area (Å²) >= 11 is 0. The van der Waals surface area contributed by atoms with Gasteiger partial charge in [-0.25, -0.2) is 4.98 Å². The van der Waals surface area contributed by atoms with Gasteiger partial charge in [-0.3, -0.25) is 0 Å². The molecule has 0 aliphatic carbocycles. The third-order valence-corrected chi connectivity index (χ3v) is 2.09. The van der Waals surface area contributed by atoms with Crippen LogP contribution in [0, 0.1) is 6.92 Å². The Balaban J connectivity index is 0.000000531.